The molecule has 1 heterocycles. The largest absolute Gasteiger partial charge is 0.490 e. The fraction of sp³-hybridized carbons (Fsp3) is 0.500. The maximum atomic E-state index is 5.77. The number of ether oxygens (including phenoxy) is 2. The van der Waals surface area contributed by atoms with E-state index in [1.54, 1.807) is 0 Å². The lowest BCUT2D eigenvalue weighted by molar-refractivity contribution is 0.295. The van der Waals surface area contributed by atoms with Gasteiger partial charge in [0.25, 0.3) is 0 Å². The van der Waals surface area contributed by atoms with E-state index in [4.69, 9.17) is 9.47 Å². The van der Waals surface area contributed by atoms with Gasteiger partial charge in [-0.3, -0.25) is 0 Å². The van der Waals surface area contributed by atoms with Gasteiger partial charge in [0, 0.05) is 16.5 Å². The molecule has 2 nitrogen and oxygen atoms in total. The number of fused-ring (bicyclic) bond motifs is 1. The van der Waals surface area contributed by atoms with Crippen LogP contribution in [0.25, 0.3) is 0 Å². The number of hydrogen-bond donors (Lipinski definition) is 0. The zero-order valence-corrected chi connectivity index (χ0v) is 10.6. The zero-order chi connectivity index (χ0) is 10.8. The van der Waals surface area contributed by atoms with E-state index in [1.807, 2.05) is 12.1 Å². The summed E-state index contributed by atoms with van der Waals surface area (Å²) >= 11 is 3.57. The van der Waals surface area contributed by atoms with Crippen LogP contribution in [0.5, 0.6) is 11.5 Å². The first kappa shape index (κ1) is 10.8. The predicted octanol–water partition coefficient (Wildman–Crippen LogP) is 3.73. The molecule has 1 aromatic carbocycles. The average Bonchev–Trinajstić information content (AvgIpc) is 2.41. The van der Waals surface area contributed by atoms with Gasteiger partial charge in [-0.15, -0.1) is 0 Å². The molecule has 15 heavy (non-hydrogen) atoms. The summed E-state index contributed by atoms with van der Waals surface area (Å²) in [6, 6.07) is 4.00. The third-order valence-electron chi connectivity index (χ3n) is 2.48. The second-order valence-electron chi connectivity index (χ2n) is 3.99. The maximum absolute atomic E-state index is 5.77. The third-order valence-corrected chi connectivity index (χ3v) is 3.17. The van der Waals surface area contributed by atoms with E-state index in [0.29, 0.717) is 5.92 Å². The van der Waals surface area contributed by atoms with Gasteiger partial charge in [0.1, 0.15) is 0 Å². The predicted molar refractivity (Wildman–Crippen MR) is 63.8 cm³/mol. The molecule has 0 saturated carbocycles. The van der Waals surface area contributed by atoms with Crippen molar-refractivity contribution in [1.29, 1.82) is 0 Å². The first-order chi connectivity index (χ1) is 7.20. The van der Waals surface area contributed by atoms with Crippen molar-refractivity contribution in [2.75, 3.05) is 13.2 Å². The van der Waals surface area contributed by atoms with Crippen molar-refractivity contribution in [2.45, 2.75) is 26.2 Å². The molecule has 0 amide bonds. The quantitative estimate of drug-likeness (QED) is 0.774. The van der Waals surface area contributed by atoms with Gasteiger partial charge in [0.2, 0.25) is 0 Å². The van der Waals surface area contributed by atoms with Crippen molar-refractivity contribution in [1.82, 2.24) is 0 Å². The van der Waals surface area contributed by atoms with E-state index in [0.717, 1.165) is 35.6 Å². The summed E-state index contributed by atoms with van der Waals surface area (Å²) in [7, 11) is 0. The molecular formula is C12H15BrO2. The van der Waals surface area contributed by atoms with Crippen molar-refractivity contribution in [2.24, 2.45) is 0 Å². The van der Waals surface area contributed by atoms with Crippen molar-refractivity contribution >= 4 is 15.9 Å². The van der Waals surface area contributed by atoms with Gasteiger partial charge in [0.05, 0.1) is 13.2 Å². The zero-order valence-electron chi connectivity index (χ0n) is 9.05. The molecule has 0 fully saturated rings. The summed E-state index contributed by atoms with van der Waals surface area (Å²) in [6.45, 7) is 5.80. The van der Waals surface area contributed by atoms with Crippen molar-refractivity contribution < 1.29 is 9.47 Å². The molecule has 3 heteroatoms. The Morgan fingerprint density at radius 2 is 1.93 bits per heavy atom. The van der Waals surface area contributed by atoms with Crippen LogP contribution in [0.2, 0.25) is 0 Å². The monoisotopic (exact) mass is 270 g/mol. The molecule has 0 N–H and O–H groups in total. The maximum Gasteiger partial charge on any atom is 0.165 e. The summed E-state index contributed by atoms with van der Waals surface area (Å²) in [5.74, 6) is 2.22. The van der Waals surface area contributed by atoms with Crippen molar-refractivity contribution in [3.8, 4) is 11.5 Å². The minimum atomic E-state index is 0.427. The van der Waals surface area contributed by atoms with Crippen molar-refractivity contribution in [3.63, 3.8) is 0 Å². The molecule has 0 spiro atoms. The van der Waals surface area contributed by atoms with Crippen LogP contribution >= 0.6 is 15.9 Å². The molecule has 82 valence electrons. The number of benzene rings is 1. The van der Waals surface area contributed by atoms with Crippen LogP contribution in [-0.4, -0.2) is 13.2 Å². The molecule has 0 unspecified atom stereocenters. The Morgan fingerprint density at radius 3 is 2.67 bits per heavy atom. The first-order valence-corrected chi connectivity index (χ1v) is 6.07. The molecule has 1 aromatic rings. The van der Waals surface area contributed by atoms with E-state index >= 15 is 0 Å². The molecule has 0 aromatic heterocycles. The van der Waals surface area contributed by atoms with Crippen LogP contribution in [0.1, 0.15) is 31.7 Å². The molecule has 1 aliphatic heterocycles. The summed E-state index contributed by atoms with van der Waals surface area (Å²) in [4.78, 5) is 0. The molecule has 2 rings (SSSR count). The van der Waals surface area contributed by atoms with Crippen LogP contribution in [0.3, 0.4) is 0 Å². The summed E-state index contributed by atoms with van der Waals surface area (Å²) in [6.07, 6.45) is 0.948. The molecule has 0 radical (unpaired) electrons. The van der Waals surface area contributed by atoms with Gasteiger partial charge in [-0.05, 0) is 18.1 Å². The Morgan fingerprint density at radius 1 is 1.20 bits per heavy atom. The first-order valence-electron chi connectivity index (χ1n) is 5.28. The van der Waals surface area contributed by atoms with Crippen LogP contribution in [-0.2, 0) is 0 Å². The molecule has 1 aliphatic rings. The van der Waals surface area contributed by atoms with Gasteiger partial charge in [0.15, 0.2) is 11.5 Å². The summed E-state index contributed by atoms with van der Waals surface area (Å²) in [5, 5.41) is 0. The third kappa shape index (κ3) is 2.12. The highest BCUT2D eigenvalue weighted by Crippen LogP contribution is 2.41. The van der Waals surface area contributed by atoms with Gasteiger partial charge in [-0.2, -0.15) is 0 Å². The summed E-state index contributed by atoms with van der Waals surface area (Å²) in [5.41, 5.74) is 1.20. The van der Waals surface area contributed by atoms with Crippen molar-refractivity contribution in [3.05, 3.63) is 22.2 Å². The van der Waals surface area contributed by atoms with Crippen LogP contribution in [0.15, 0.2) is 16.6 Å². The minimum Gasteiger partial charge on any atom is -0.490 e. The SMILES string of the molecule is CC(C)c1c(Br)ccc2c1OCCCO2. The second-order valence-corrected chi connectivity index (χ2v) is 4.85. The van der Waals surface area contributed by atoms with E-state index in [-0.39, 0.29) is 0 Å². The van der Waals surface area contributed by atoms with E-state index in [9.17, 15) is 0 Å². The van der Waals surface area contributed by atoms with Gasteiger partial charge < -0.3 is 9.47 Å². The van der Waals surface area contributed by atoms with E-state index in [1.165, 1.54) is 5.56 Å². The Balaban J connectivity index is 2.51. The van der Waals surface area contributed by atoms with Crippen LogP contribution < -0.4 is 9.47 Å². The van der Waals surface area contributed by atoms with E-state index < -0.39 is 0 Å². The molecule has 0 atom stereocenters. The lowest BCUT2D eigenvalue weighted by atomic mass is 10.0. The minimum absolute atomic E-state index is 0.427. The highest BCUT2D eigenvalue weighted by atomic mass is 79.9. The fourth-order valence-corrected chi connectivity index (χ4v) is 2.54. The van der Waals surface area contributed by atoms with Gasteiger partial charge in [-0.25, -0.2) is 0 Å². The highest BCUT2D eigenvalue weighted by molar-refractivity contribution is 9.10. The Kier molecular flexibility index (Phi) is 3.19. The van der Waals surface area contributed by atoms with Crippen LogP contribution in [0, 0.1) is 0 Å². The molecule has 0 bridgehead atoms. The fourth-order valence-electron chi connectivity index (χ4n) is 1.77. The smallest absolute Gasteiger partial charge is 0.165 e. The topological polar surface area (TPSA) is 18.5 Å². The average molecular weight is 271 g/mol. The normalized spacial score (nSPS) is 15.2. The number of hydrogen-bond acceptors (Lipinski definition) is 2. The van der Waals surface area contributed by atoms with Gasteiger partial charge >= 0.3 is 0 Å². The van der Waals surface area contributed by atoms with Gasteiger partial charge in [-0.1, -0.05) is 29.8 Å². The number of rotatable bonds is 1. The Labute approximate surface area is 98.7 Å². The number of halogens is 1. The van der Waals surface area contributed by atoms with E-state index in [2.05, 4.69) is 29.8 Å². The molecule has 0 saturated heterocycles. The standard InChI is InChI=1S/C12H15BrO2/c1-8(2)11-9(13)4-5-10-12(11)15-7-3-6-14-10/h4-5,8H,3,6-7H2,1-2H3. The Bertz CT molecular complexity index is 361. The highest BCUT2D eigenvalue weighted by Gasteiger charge is 2.19. The lowest BCUT2D eigenvalue weighted by Gasteiger charge is -2.16. The molecular weight excluding hydrogens is 256 g/mol. The lowest BCUT2D eigenvalue weighted by Crippen LogP contribution is -2.00. The summed E-state index contributed by atoms with van der Waals surface area (Å²) < 4.78 is 12.5. The molecule has 0 aliphatic carbocycles. The Hall–Kier alpha value is -0.700. The van der Waals surface area contributed by atoms with Crippen LogP contribution in [0.4, 0.5) is 0 Å². The second kappa shape index (κ2) is 4.44.